The van der Waals surface area contributed by atoms with Crippen LogP contribution in [0.1, 0.15) is 32.6 Å². The SMILES string of the molecule is C[CH]C1CCCC(N)C1. The molecule has 2 atom stereocenters. The molecule has 0 saturated heterocycles. The van der Waals surface area contributed by atoms with Gasteiger partial charge in [-0.2, -0.15) is 0 Å². The van der Waals surface area contributed by atoms with Crippen molar-refractivity contribution in [2.45, 2.75) is 38.6 Å². The average Bonchev–Trinajstić information content (AvgIpc) is 1.88. The minimum atomic E-state index is 0.486. The highest BCUT2D eigenvalue weighted by Gasteiger charge is 2.16. The molecule has 1 nitrogen and oxygen atoms in total. The molecule has 0 aromatic rings. The van der Waals surface area contributed by atoms with Gasteiger partial charge in [0.2, 0.25) is 0 Å². The molecule has 0 amide bonds. The minimum absolute atomic E-state index is 0.486. The Morgan fingerprint density at radius 3 is 2.67 bits per heavy atom. The van der Waals surface area contributed by atoms with Crippen molar-refractivity contribution < 1.29 is 0 Å². The van der Waals surface area contributed by atoms with Gasteiger partial charge < -0.3 is 5.73 Å². The van der Waals surface area contributed by atoms with Gasteiger partial charge in [-0.1, -0.05) is 19.8 Å². The molecule has 1 rings (SSSR count). The molecule has 0 heterocycles. The second-order valence-electron chi connectivity index (χ2n) is 3.02. The van der Waals surface area contributed by atoms with E-state index in [-0.39, 0.29) is 0 Å². The summed E-state index contributed by atoms with van der Waals surface area (Å²) < 4.78 is 0. The average molecular weight is 126 g/mol. The van der Waals surface area contributed by atoms with Gasteiger partial charge in [0.1, 0.15) is 0 Å². The van der Waals surface area contributed by atoms with Gasteiger partial charge in [-0.05, 0) is 25.2 Å². The van der Waals surface area contributed by atoms with Crippen molar-refractivity contribution in [3.8, 4) is 0 Å². The van der Waals surface area contributed by atoms with Crippen LogP contribution in [0.4, 0.5) is 0 Å². The van der Waals surface area contributed by atoms with E-state index in [4.69, 9.17) is 5.73 Å². The zero-order chi connectivity index (χ0) is 6.69. The van der Waals surface area contributed by atoms with Gasteiger partial charge in [0.25, 0.3) is 0 Å². The van der Waals surface area contributed by atoms with Gasteiger partial charge in [-0.3, -0.25) is 0 Å². The summed E-state index contributed by atoms with van der Waals surface area (Å²) in [4.78, 5) is 0. The van der Waals surface area contributed by atoms with E-state index in [0.29, 0.717) is 6.04 Å². The molecule has 0 spiro atoms. The Bertz CT molecular complexity index is 80.6. The monoisotopic (exact) mass is 126 g/mol. The summed E-state index contributed by atoms with van der Waals surface area (Å²) in [6, 6.07) is 0.486. The van der Waals surface area contributed by atoms with Crippen molar-refractivity contribution in [2.24, 2.45) is 11.7 Å². The fourth-order valence-corrected chi connectivity index (χ4v) is 1.57. The Kier molecular flexibility index (Phi) is 2.52. The van der Waals surface area contributed by atoms with Crippen LogP contribution >= 0.6 is 0 Å². The third-order valence-electron chi connectivity index (χ3n) is 2.23. The van der Waals surface area contributed by atoms with Crippen LogP contribution in [-0.4, -0.2) is 6.04 Å². The topological polar surface area (TPSA) is 26.0 Å². The maximum absolute atomic E-state index is 5.78. The standard InChI is InChI=1S/C8H16N/c1-2-7-4-3-5-8(9)6-7/h2,7-8H,3-6,9H2,1H3. The first kappa shape index (κ1) is 7.07. The van der Waals surface area contributed by atoms with E-state index >= 15 is 0 Å². The van der Waals surface area contributed by atoms with Crippen LogP contribution < -0.4 is 5.73 Å². The zero-order valence-corrected chi connectivity index (χ0v) is 6.14. The number of hydrogen-bond donors (Lipinski definition) is 1. The normalized spacial score (nSPS) is 36.7. The van der Waals surface area contributed by atoms with Crippen molar-refractivity contribution in [1.29, 1.82) is 0 Å². The first-order valence-electron chi connectivity index (χ1n) is 3.88. The van der Waals surface area contributed by atoms with Crippen LogP contribution in [0.25, 0.3) is 0 Å². The van der Waals surface area contributed by atoms with Gasteiger partial charge in [0.15, 0.2) is 0 Å². The highest BCUT2D eigenvalue weighted by molar-refractivity contribution is 4.81. The minimum Gasteiger partial charge on any atom is -0.328 e. The third-order valence-corrected chi connectivity index (χ3v) is 2.23. The molecule has 0 bridgehead atoms. The summed E-state index contributed by atoms with van der Waals surface area (Å²) in [6.45, 7) is 2.14. The molecule has 9 heavy (non-hydrogen) atoms. The largest absolute Gasteiger partial charge is 0.328 e. The summed E-state index contributed by atoms with van der Waals surface area (Å²) >= 11 is 0. The maximum Gasteiger partial charge on any atom is 0.00415 e. The predicted octanol–water partition coefficient (Wildman–Crippen LogP) is 1.73. The highest BCUT2D eigenvalue weighted by Crippen LogP contribution is 2.24. The molecule has 0 aromatic heterocycles. The molecule has 1 aliphatic carbocycles. The smallest absolute Gasteiger partial charge is 0.00415 e. The van der Waals surface area contributed by atoms with Crippen LogP contribution in [0, 0.1) is 12.3 Å². The van der Waals surface area contributed by atoms with E-state index < -0.39 is 0 Å². The molecule has 0 aliphatic heterocycles. The van der Waals surface area contributed by atoms with Gasteiger partial charge in [-0.25, -0.2) is 0 Å². The summed E-state index contributed by atoms with van der Waals surface area (Å²) in [5, 5.41) is 0. The van der Waals surface area contributed by atoms with Crippen molar-refractivity contribution in [3.63, 3.8) is 0 Å². The lowest BCUT2D eigenvalue weighted by molar-refractivity contribution is 0.356. The van der Waals surface area contributed by atoms with Crippen molar-refractivity contribution in [2.75, 3.05) is 0 Å². The summed E-state index contributed by atoms with van der Waals surface area (Å²) in [5.74, 6) is 0.814. The summed E-state index contributed by atoms with van der Waals surface area (Å²) in [7, 11) is 0. The van der Waals surface area contributed by atoms with Gasteiger partial charge in [0.05, 0.1) is 0 Å². The number of nitrogens with two attached hydrogens (primary N) is 1. The molecule has 1 aliphatic rings. The lowest BCUT2D eigenvalue weighted by atomic mass is 9.85. The molecule has 0 aromatic carbocycles. The fourth-order valence-electron chi connectivity index (χ4n) is 1.57. The number of hydrogen-bond acceptors (Lipinski definition) is 1. The van der Waals surface area contributed by atoms with Crippen LogP contribution in [-0.2, 0) is 0 Å². The Morgan fingerprint density at radius 2 is 2.22 bits per heavy atom. The predicted molar refractivity (Wildman–Crippen MR) is 39.9 cm³/mol. The Balaban J connectivity index is 2.23. The van der Waals surface area contributed by atoms with E-state index in [1.54, 1.807) is 0 Å². The maximum atomic E-state index is 5.78. The molecule has 1 radical (unpaired) electrons. The summed E-state index contributed by atoms with van der Waals surface area (Å²) in [5.41, 5.74) is 5.78. The molecule has 53 valence electrons. The van der Waals surface area contributed by atoms with Crippen molar-refractivity contribution in [1.82, 2.24) is 0 Å². The molecule has 1 heteroatoms. The van der Waals surface area contributed by atoms with E-state index in [9.17, 15) is 0 Å². The van der Waals surface area contributed by atoms with Gasteiger partial charge in [0, 0.05) is 6.04 Å². The van der Waals surface area contributed by atoms with Crippen molar-refractivity contribution >= 4 is 0 Å². The molecule has 1 saturated carbocycles. The van der Waals surface area contributed by atoms with Crippen LogP contribution in [0.3, 0.4) is 0 Å². The van der Waals surface area contributed by atoms with E-state index in [2.05, 4.69) is 13.3 Å². The van der Waals surface area contributed by atoms with Gasteiger partial charge >= 0.3 is 0 Å². The lowest BCUT2D eigenvalue weighted by Crippen LogP contribution is -2.27. The fraction of sp³-hybridized carbons (Fsp3) is 0.875. The molecule has 2 unspecified atom stereocenters. The van der Waals surface area contributed by atoms with Crippen molar-refractivity contribution in [3.05, 3.63) is 6.42 Å². The molecular weight excluding hydrogens is 110 g/mol. The molecule has 2 N–H and O–H groups in total. The van der Waals surface area contributed by atoms with Gasteiger partial charge in [-0.15, -0.1) is 0 Å². The lowest BCUT2D eigenvalue weighted by Gasteiger charge is -2.24. The van der Waals surface area contributed by atoms with Crippen LogP contribution in [0.2, 0.25) is 0 Å². The second-order valence-corrected chi connectivity index (χ2v) is 3.02. The van der Waals surface area contributed by atoms with E-state index in [1.165, 1.54) is 25.7 Å². The highest BCUT2D eigenvalue weighted by atomic mass is 14.6. The summed E-state index contributed by atoms with van der Waals surface area (Å²) in [6.07, 6.45) is 7.44. The number of rotatable bonds is 1. The van der Waals surface area contributed by atoms with E-state index in [0.717, 1.165) is 5.92 Å². The quantitative estimate of drug-likeness (QED) is 0.569. The molecular formula is C8H16N. The second kappa shape index (κ2) is 3.21. The third kappa shape index (κ3) is 1.98. The Hall–Kier alpha value is -0.0400. The zero-order valence-electron chi connectivity index (χ0n) is 6.14. The van der Waals surface area contributed by atoms with E-state index in [1.807, 2.05) is 0 Å². The Labute approximate surface area is 57.6 Å². The van der Waals surface area contributed by atoms with Crippen LogP contribution in [0.5, 0.6) is 0 Å². The first-order chi connectivity index (χ1) is 4.33. The van der Waals surface area contributed by atoms with Crippen LogP contribution in [0.15, 0.2) is 0 Å². The first-order valence-corrected chi connectivity index (χ1v) is 3.88. The molecule has 1 fully saturated rings. The Morgan fingerprint density at radius 1 is 1.44 bits per heavy atom.